The number of hydrogen-bond acceptors (Lipinski definition) is 3. The minimum atomic E-state index is -4.30. The van der Waals surface area contributed by atoms with E-state index in [4.69, 9.17) is 0 Å². The van der Waals surface area contributed by atoms with E-state index in [1.807, 2.05) is 29.1 Å². The van der Waals surface area contributed by atoms with E-state index in [1.165, 1.54) is 12.1 Å². The summed E-state index contributed by atoms with van der Waals surface area (Å²) in [6.07, 6.45) is 1.14. The minimum absolute atomic E-state index is 0.490. The molecule has 0 N–H and O–H groups in total. The van der Waals surface area contributed by atoms with Crippen molar-refractivity contribution in [3.8, 4) is 11.3 Å². The number of benzene rings is 1. The zero-order valence-corrected chi connectivity index (χ0v) is 12.1. The maximum absolute atomic E-state index is 12.5. The Morgan fingerprint density at radius 3 is 2.50 bits per heavy atom. The average Bonchev–Trinajstić information content (AvgIpc) is 3.01. The van der Waals surface area contributed by atoms with Gasteiger partial charge in [0.15, 0.2) is 18.9 Å². The van der Waals surface area contributed by atoms with Gasteiger partial charge >= 0.3 is 6.18 Å². The summed E-state index contributed by atoms with van der Waals surface area (Å²) in [5.74, 6) is 0. The molecule has 0 aliphatic carbocycles. The lowest BCUT2D eigenvalue weighted by Gasteiger charge is -2.06. The fourth-order valence-electron chi connectivity index (χ4n) is 2.07. The fraction of sp³-hybridized carbons (Fsp3) is 0.133. The Labute approximate surface area is 129 Å². The van der Waals surface area contributed by atoms with Crippen LogP contribution < -0.4 is 4.57 Å². The summed E-state index contributed by atoms with van der Waals surface area (Å²) in [5, 5.41) is 0. The zero-order chi connectivity index (χ0) is 15.6. The zero-order valence-electron chi connectivity index (χ0n) is 11.3. The lowest BCUT2D eigenvalue weighted by Crippen LogP contribution is -2.33. The molecule has 2 aromatic heterocycles. The van der Waals surface area contributed by atoms with Gasteiger partial charge in [0.25, 0.3) is 0 Å². The van der Waals surface area contributed by atoms with E-state index in [0.717, 1.165) is 40.7 Å². The van der Waals surface area contributed by atoms with Gasteiger partial charge in [-0.3, -0.25) is 0 Å². The molecule has 0 spiro atoms. The number of aromatic nitrogens is 3. The first kappa shape index (κ1) is 14.6. The quantitative estimate of drug-likeness (QED) is 0.690. The van der Waals surface area contributed by atoms with Crippen molar-refractivity contribution in [1.29, 1.82) is 0 Å². The summed E-state index contributed by atoms with van der Waals surface area (Å²) in [4.78, 5) is 0. The van der Waals surface area contributed by atoms with E-state index in [1.54, 1.807) is 6.20 Å². The van der Waals surface area contributed by atoms with Gasteiger partial charge in [0.1, 0.15) is 5.69 Å². The van der Waals surface area contributed by atoms with Crippen molar-refractivity contribution in [3.63, 3.8) is 0 Å². The Morgan fingerprint density at radius 2 is 1.86 bits per heavy atom. The molecule has 22 heavy (non-hydrogen) atoms. The summed E-state index contributed by atoms with van der Waals surface area (Å²) in [5.41, 5.74) is 1.87. The second kappa shape index (κ2) is 5.84. The topological polar surface area (TPSA) is 29.7 Å². The maximum atomic E-state index is 12.5. The van der Waals surface area contributed by atoms with Crippen molar-refractivity contribution in [3.05, 3.63) is 66.1 Å². The monoisotopic (exact) mass is 322 g/mol. The third-order valence-electron chi connectivity index (χ3n) is 3.16. The highest BCUT2D eigenvalue weighted by Crippen LogP contribution is 2.29. The SMILES string of the molecule is FC(F)(F)c1ccc(C[n+]2cccc(-c3cnsn3)c2)cc1. The third kappa shape index (κ3) is 3.30. The van der Waals surface area contributed by atoms with Crippen LogP contribution in [0.2, 0.25) is 0 Å². The van der Waals surface area contributed by atoms with Crippen LogP contribution in [0.25, 0.3) is 11.3 Å². The second-order valence-electron chi connectivity index (χ2n) is 4.75. The number of rotatable bonds is 3. The molecule has 3 aromatic rings. The number of hydrogen-bond donors (Lipinski definition) is 0. The number of alkyl halides is 3. The summed E-state index contributed by atoms with van der Waals surface area (Å²) in [6, 6.07) is 8.98. The standard InChI is InChI=1S/C15H11F3N3S/c16-15(17,18)13-5-3-11(4-6-13)9-21-7-1-2-12(10-21)14-8-19-22-20-14/h1-8,10H,9H2/q+1. The normalized spacial score (nSPS) is 11.6. The average molecular weight is 322 g/mol. The maximum Gasteiger partial charge on any atom is 0.416 e. The Bertz CT molecular complexity index is 752. The van der Waals surface area contributed by atoms with Gasteiger partial charge in [-0.15, -0.1) is 0 Å². The predicted octanol–water partition coefficient (Wildman–Crippen LogP) is 3.56. The van der Waals surface area contributed by atoms with E-state index in [-0.39, 0.29) is 0 Å². The summed E-state index contributed by atoms with van der Waals surface area (Å²) in [7, 11) is 0. The van der Waals surface area contributed by atoms with Crippen molar-refractivity contribution in [2.75, 3.05) is 0 Å². The predicted molar refractivity (Wildman–Crippen MR) is 76.1 cm³/mol. The van der Waals surface area contributed by atoms with Gasteiger partial charge in [-0.1, -0.05) is 12.1 Å². The molecule has 7 heteroatoms. The van der Waals surface area contributed by atoms with Crippen molar-refractivity contribution >= 4 is 11.7 Å². The van der Waals surface area contributed by atoms with Gasteiger partial charge in [-0.2, -0.15) is 21.9 Å². The highest BCUT2D eigenvalue weighted by Gasteiger charge is 2.30. The molecule has 0 saturated heterocycles. The molecule has 0 amide bonds. The van der Waals surface area contributed by atoms with E-state index in [2.05, 4.69) is 8.75 Å². The Hall–Kier alpha value is -2.28. The molecule has 0 aliphatic heterocycles. The largest absolute Gasteiger partial charge is 0.416 e. The van der Waals surface area contributed by atoms with Gasteiger partial charge in [-0.05, 0) is 18.2 Å². The van der Waals surface area contributed by atoms with E-state index in [0.29, 0.717) is 6.54 Å². The van der Waals surface area contributed by atoms with Crippen molar-refractivity contribution in [2.45, 2.75) is 12.7 Å². The summed E-state index contributed by atoms with van der Waals surface area (Å²) >= 11 is 1.13. The van der Waals surface area contributed by atoms with Gasteiger partial charge in [-0.25, -0.2) is 4.57 Å². The van der Waals surface area contributed by atoms with Gasteiger partial charge in [0.2, 0.25) is 0 Å². The Balaban J connectivity index is 1.80. The van der Waals surface area contributed by atoms with Crippen LogP contribution in [0.3, 0.4) is 0 Å². The molecule has 0 saturated carbocycles. The summed E-state index contributed by atoms with van der Waals surface area (Å²) in [6.45, 7) is 0.490. The number of nitrogens with zero attached hydrogens (tertiary/aromatic N) is 3. The fourth-order valence-corrected chi connectivity index (χ4v) is 2.51. The molecule has 112 valence electrons. The molecule has 2 heterocycles. The van der Waals surface area contributed by atoms with E-state index in [9.17, 15) is 13.2 Å². The lowest BCUT2D eigenvalue weighted by molar-refractivity contribution is -0.687. The first-order valence-corrected chi connectivity index (χ1v) is 7.18. The number of halogens is 3. The molecule has 3 rings (SSSR count). The Morgan fingerprint density at radius 1 is 1.09 bits per heavy atom. The first-order chi connectivity index (χ1) is 10.5. The van der Waals surface area contributed by atoms with Gasteiger partial charge in [0, 0.05) is 11.6 Å². The van der Waals surface area contributed by atoms with Crippen molar-refractivity contribution in [1.82, 2.24) is 8.75 Å². The van der Waals surface area contributed by atoms with E-state index >= 15 is 0 Å². The molecule has 0 fully saturated rings. The Kier molecular flexibility index (Phi) is 3.89. The summed E-state index contributed by atoms with van der Waals surface area (Å²) < 4.78 is 47.6. The molecule has 0 atom stereocenters. The molecule has 0 bridgehead atoms. The molecule has 0 radical (unpaired) electrons. The minimum Gasteiger partial charge on any atom is -0.200 e. The second-order valence-corrected chi connectivity index (χ2v) is 5.31. The van der Waals surface area contributed by atoms with Crippen molar-refractivity contribution in [2.24, 2.45) is 0 Å². The molecular formula is C15H11F3N3S+. The molecule has 3 nitrogen and oxygen atoms in total. The number of pyridine rings is 1. The molecule has 0 unspecified atom stereocenters. The highest BCUT2D eigenvalue weighted by atomic mass is 32.1. The molecule has 0 aliphatic rings. The van der Waals surface area contributed by atoms with Crippen LogP contribution >= 0.6 is 11.7 Å². The molecule has 1 aromatic carbocycles. The van der Waals surface area contributed by atoms with Gasteiger partial charge < -0.3 is 0 Å². The van der Waals surface area contributed by atoms with Gasteiger partial charge in [0.05, 0.1) is 29.1 Å². The van der Waals surface area contributed by atoms with E-state index < -0.39 is 11.7 Å². The first-order valence-electron chi connectivity index (χ1n) is 6.45. The van der Waals surface area contributed by atoms with Crippen LogP contribution in [0.1, 0.15) is 11.1 Å². The highest BCUT2D eigenvalue weighted by molar-refractivity contribution is 6.99. The van der Waals surface area contributed by atoms with Crippen LogP contribution in [0.4, 0.5) is 13.2 Å². The molecular weight excluding hydrogens is 311 g/mol. The van der Waals surface area contributed by atoms with Crippen LogP contribution in [0.5, 0.6) is 0 Å². The lowest BCUT2D eigenvalue weighted by atomic mass is 10.1. The van der Waals surface area contributed by atoms with Crippen LogP contribution in [-0.2, 0) is 12.7 Å². The van der Waals surface area contributed by atoms with Crippen LogP contribution in [0.15, 0.2) is 55.0 Å². The van der Waals surface area contributed by atoms with Crippen LogP contribution in [0, 0.1) is 0 Å². The van der Waals surface area contributed by atoms with Crippen LogP contribution in [-0.4, -0.2) is 8.75 Å². The smallest absolute Gasteiger partial charge is 0.200 e. The third-order valence-corrected chi connectivity index (χ3v) is 3.64. The van der Waals surface area contributed by atoms with Crippen molar-refractivity contribution < 1.29 is 17.7 Å².